The Labute approximate surface area is 109 Å². The van der Waals surface area contributed by atoms with Gasteiger partial charge in [-0.15, -0.1) is 0 Å². The molecule has 0 aliphatic heterocycles. The Morgan fingerprint density at radius 1 is 1.21 bits per heavy atom. The molecule has 106 valence electrons. The van der Waals surface area contributed by atoms with Gasteiger partial charge in [-0.1, -0.05) is 30.3 Å². The van der Waals surface area contributed by atoms with Crippen LogP contribution in [0.25, 0.3) is 0 Å². The van der Waals surface area contributed by atoms with Crippen molar-refractivity contribution >= 4 is 5.97 Å². The topological polar surface area (TPSA) is 52.3 Å². The summed E-state index contributed by atoms with van der Waals surface area (Å²) in [4.78, 5) is 11.8. The summed E-state index contributed by atoms with van der Waals surface area (Å²) in [7, 11) is 0. The fourth-order valence-electron chi connectivity index (χ4n) is 1.64. The van der Waals surface area contributed by atoms with Gasteiger partial charge in [0.05, 0.1) is 6.10 Å². The van der Waals surface area contributed by atoms with Crippen molar-refractivity contribution in [1.82, 2.24) is 0 Å². The molecule has 0 bridgehead atoms. The van der Waals surface area contributed by atoms with Crippen LogP contribution in [0.4, 0.5) is 13.2 Å². The summed E-state index contributed by atoms with van der Waals surface area (Å²) < 4.78 is 43.1. The molecule has 0 aliphatic carbocycles. The zero-order valence-electron chi connectivity index (χ0n) is 10.6. The van der Waals surface area contributed by atoms with Crippen LogP contribution in [0.15, 0.2) is 30.3 Å². The molecule has 0 radical (unpaired) electrons. The Kier molecular flexibility index (Phi) is 4.94. The van der Waals surface area contributed by atoms with Crippen LogP contribution >= 0.6 is 0 Å². The molecule has 0 aromatic heterocycles. The van der Waals surface area contributed by atoms with Crippen LogP contribution in [0.3, 0.4) is 0 Å². The summed E-state index contributed by atoms with van der Waals surface area (Å²) in [5.41, 5.74) is 5.37. The maximum atomic E-state index is 12.7. The second-order valence-electron chi connectivity index (χ2n) is 4.44. The highest BCUT2D eigenvalue weighted by molar-refractivity contribution is 5.79. The van der Waals surface area contributed by atoms with Crippen molar-refractivity contribution in [2.75, 3.05) is 0 Å². The van der Waals surface area contributed by atoms with Gasteiger partial charge in [0.15, 0.2) is 0 Å². The number of ether oxygens (including phenoxy) is 1. The molecule has 1 aromatic rings. The average molecular weight is 275 g/mol. The minimum absolute atomic E-state index is 0.193. The average Bonchev–Trinajstić information content (AvgIpc) is 2.28. The highest BCUT2D eigenvalue weighted by atomic mass is 19.4. The van der Waals surface area contributed by atoms with E-state index in [2.05, 4.69) is 0 Å². The van der Waals surface area contributed by atoms with Crippen molar-refractivity contribution in [3.63, 3.8) is 0 Å². The molecule has 3 nitrogen and oxygen atoms in total. The summed E-state index contributed by atoms with van der Waals surface area (Å²) in [6.07, 6.45) is -5.17. The van der Waals surface area contributed by atoms with Crippen LogP contribution < -0.4 is 5.73 Å². The largest absolute Gasteiger partial charge is 0.462 e. The summed E-state index contributed by atoms with van der Waals surface area (Å²) in [6, 6.07) is 5.31. The Balaban J connectivity index is 3.08. The summed E-state index contributed by atoms with van der Waals surface area (Å²) in [6.45, 7) is 3.14. The monoisotopic (exact) mass is 275 g/mol. The summed E-state index contributed by atoms with van der Waals surface area (Å²) >= 11 is 0. The van der Waals surface area contributed by atoms with Crippen LogP contribution in [0.2, 0.25) is 0 Å². The molecule has 2 atom stereocenters. The van der Waals surface area contributed by atoms with Gasteiger partial charge in [-0.05, 0) is 19.4 Å². The highest BCUT2D eigenvalue weighted by Gasteiger charge is 2.46. The third-order valence-corrected chi connectivity index (χ3v) is 2.50. The van der Waals surface area contributed by atoms with E-state index >= 15 is 0 Å². The molecule has 2 N–H and O–H groups in total. The number of carbonyl (C=O) groups excluding carboxylic acids is 1. The van der Waals surface area contributed by atoms with E-state index in [1.165, 1.54) is 12.1 Å². The Hall–Kier alpha value is -1.56. The summed E-state index contributed by atoms with van der Waals surface area (Å²) in [5, 5.41) is 0. The maximum Gasteiger partial charge on any atom is 0.404 e. The smallest absolute Gasteiger partial charge is 0.404 e. The van der Waals surface area contributed by atoms with E-state index in [1.54, 1.807) is 32.0 Å². The van der Waals surface area contributed by atoms with Crippen LogP contribution in [-0.4, -0.2) is 24.3 Å². The Morgan fingerprint density at radius 2 is 1.74 bits per heavy atom. The van der Waals surface area contributed by atoms with E-state index in [0.717, 1.165) is 0 Å². The van der Waals surface area contributed by atoms with E-state index in [0.29, 0.717) is 0 Å². The van der Waals surface area contributed by atoms with Crippen molar-refractivity contribution in [3.05, 3.63) is 35.9 Å². The van der Waals surface area contributed by atoms with Crippen molar-refractivity contribution in [1.29, 1.82) is 0 Å². The lowest BCUT2D eigenvalue weighted by Crippen LogP contribution is -2.46. The van der Waals surface area contributed by atoms with Gasteiger partial charge in [0.1, 0.15) is 12.0 Å². The number of nitrogens with two attached hydrogens (primary N) is 1. The molecule has 0 saturated heterocycles. The second-order valence-corrected chi connectivity index (χ2v) is 4.44. The molecule has 0 aliphatic rings. The molecule has 1 rings (SSSR count). The van der Waals surface area contributed by atoms with Crippen LogP contribution in [0.1, 0.15) is 25.3 Å². The lowest BCUT2D eigenvalue weighted by atomic mass is 9.91. The SMILES string of the molecule is CC(C)OC(=O)[C@@H](c1ccccc1)[C@H](N)C(F)(F)F. The van der Waals surface area contributed by atoms with Gasteiger partial charge in [-0.2, -0.15) is 13.2 Å². The molecule has 1 aromatic carbocycles. The van der Waals surface area contributed by atoms with E-state index in [-0.39, 0.29) is 5.56 Å². The molecular formula is C13H16F3NO2. The number of hydrogen-bond acceptors (Lipinski definition) is 3. The minimum atomic E-state index is -4.67. The number of carbonyl (C=O) groups is 1. The maximum absolute atomic E-state index is 12.7. The lowest BCUT2D eigenvalue weighted by Gasteiger charge is -2.25. The standard InChI is InChI=1S/C13H16F3NO2/c1-8(2)19-12(18)10(11(17)13(14,15)16)9-6-4-3-5-7-9/h3-8,10-11H,17H2,1-2H3/t10-,11-/m0/s1. The van der Waals surface area contributed by atoms with E-state index in [4.69, 9.17) is 10.5 Å². The number of rotatable bonds is 4. The molecule has 0 spiro atoms. The fraction of sp³-hybridized carbons (Fsp3) is 0.462. The lowest BCUT2D eigenvalue weighted by molar-refractivity contribution is -0.171. The second kappa shape index (κ2) is 6.06. The van der Waals surface area contributed by atoms with Gasteiger partial charge in [0, 0.05) is 0 Å². The van der Waals surface area contributed by atoms with E-state index in [1.807, 2.05) is 0 Å². The number of halogens is 3. The van der Waals surface area contributed by atoms with E-state index < -0.39 is 30.2 Å². The molecule has 0 amide bonds. The molecular weight excluding hydrogens is 259 g/mol. The number of hydrogen-bond donors (Lipinski definition) is 1. The molecule has 0 saturated carbocycles. The van der Waals surface area contributed by atoms with Crippen LogP contribution in [0.5, 0.6) is 0 Å². The van der Waals surface area contributed by atoms with Crippen molar-refractivity contribution in [2.24, 2.45) is 5.73 Å². The molecule has 6 heteroatoms. The van der Waals surface area contributed by atoms with Gasteiger partial charge in [-0.25, -0.2) is 0 Å². The summed E-state index contributed by atoms with van der Waals surface area (Å²) in [5.74, 6) is -2.52. The Morgan fingerprint density at radius 3 is 2.16 bits per heavy atom. The third-order valence-electron chi connectivity index (χ3n) is 2.50. The van der Waals surface area contributed by atoms with Crippen molar-refractivity contribution in [2.45, 2.75) is 38.1 Å². The zero-order chi connectivity index (χ0) is 14.6. The quantitative estimate of drug-likeness (QED) is 0.859. The predicted octanol–water partition coefficient (Wildman–Crippen LogP) is 2.61. The zero-order valence-corrected chi connectivity index (χ0v) is 10.6. The first kappa shape index (κ1) is 15.5. The van der Waals surface area contributed by atoms with Crippen molar-refractivity contribution < 1.29 is 22.7 Å². The first-order chi connectivity index (χ1) is 8.73. The normalized spacial score (nSPS) is 15.1. The third kappa shape index (κ3) is 4.24. The molecule has 19 heavy (non-hydrogen) atoms. The fourth-order valence-corrected chi connectivity index (χ4v) is 1.64. The molecule has 0 fully saturated rings. The van der Waals surface area contributed by atoms with Gasteiger partial charge >= 0.3 is 12.1 Å². The predicted molar refractivity (Wildman–Crippen MR) is 64.4 cm³/mol. The van der Waals surface area contributed by atoms with E-state index in [9.17, 15) is 18.0 Å². The highest BCUT2D eigenvalue weighted by Crippen LogP contribution is 2.31. The molecule has 0 unspecified atom stereocenters. The van der Waals surface area contributed by atoms with Gasteiger partial charge in [0.2, 0.25) is 0 Å². The van der Waals surface area contributed by atoms with Crippen LogP contribution in [-0.2, 0) is 9.53 Å². The molecule has 0 heterocycles. The first-order valence-corrected chi connectivity index (χ1v) is 5.81. The van der Waals surface area contributed by atoms with Gasteiger partial charge in [-0.3, -0.25) is 4.79 Å². The number of benzene rings is 1. The van der Waals surface area contributed by atoms with Gasteiger partial charge in [0.25, 0.3) is 0 Å². The number of esters is 1. The Bertz CT molecular complexity index is 418. The number of alkyl halides is 3. The van der Waals surface area contributed by atoms with Crippen LogP contribution in [0, 0.1) is 0 Å². The van der Waals surface area contributed by atoms with Gasteiger partial charge < -0.3 is 10.5 Å². The first-order valence-electron chi connectivity index (χ1n) is 5.81. The minimum Gasteiger partial charge on any atom is -0.462 e. The van der Waals surface area contributed by atoms with Crippen molar-refractivity contribution in [3.8, 4) is 0 Å².